The van der Waals surface area contributed by atoms with Gasteiger partial charge in [0, 0.05) is 13.6 Å². The van der Waals surface area contributed by atoms with E-state index in [1.54, 1.807) is 0 Å². The van der Waals surface area contributed by atoms with Gasteiger partial charge in [-0.1, -0.05) is 12.7 Å². The molecular formula is C12H22N2. The fraction of sp³-hybridized carbons (Fsp3) is 0.667. The van der Waals surface area contributed by atoms with Crippen LogP contribution in [0.3, 0.4) is 0 Å². The van der Waals surface area contributed by atoms with Crippen LogP contribution in [0.4, 0.5) is 0 Å². The molecule has 0 aromatic carbocycles. The Hall–Kier alpha value is -0.760. The molecular weight excluding hydrogens is 172 g/mol. The Bertz CT molecular complexity index is 190. The summed E-state index contributed by atoms with van der Waals surface area (Å²) in [5.74, 6) is 0.866. The number of rotatable bonds is 4. The van der Waals surface area contributed by atoms with Crippen molar-refractivity contribution in [3.8, 4) is 0 Å². The van der Waals surface area contributed by atoms with Crippen LogP contribution >= 0.6 is 0 Å². The molecule has 1 fully saturated rings. The summed E-state index contributed by atoms with van der Waals surface area (Å²) >= 11 is 0. The Kier molecular flexibility index (Phi) is 4.74. The highest BCUT2D eigenvalue weighted by molar-refractivity contribution is 4.96. The lowest BCUT2D eigenvalue weighted by Crippen LogP contribution is -2.34. The summed E-state index contributed by atoms with van der Waals surface area (Å²) in [7, 11) is 4.34. The molecule has 0 N–H and O–H groups in total. The molecule has 2 heteroatoms. The van der Waals surface area contributed by atoms with Crippen molar-refractivity contribution in [2.45, 2.75) is 12.8 Å². The third-order valence-electron chi connectivity index (χ3n) is 2.86. The molecule has 0 saturated carbocycles. The van der Waals surface area contributed by atoms with E-state index in [1.807, 2.05) is 12.2 Å². The molecule has 1 rings (SSSR count). The maximum atomic E-state index is 3.67. The highest BCUT2D eigenvalue weighted by atomic mass is 15.1. The fourth-order valence-corrected chi connectivity index (χ4v) is 1.92. The highest BCUT2D eigenvalue weighted by Crippen LogP contribution is 2.16. The minimum Gasteiger partial charge on any atom is -0.380 e. The SMILES string of the molecule is C=C/C=C\N(C)CC1CCN(C)CC1. The smallest absolute Gasteiger partial charge is 0.0198 e. The Morgan fingerprint density at radius 3 is 2.64 bits per heavy atom. The summed E-state index contributed by atoms with van der Waals surface area (Å²) in [6.45, 7) is 7.36. The van der Waals surface area contributed by atoms with Crippen LogP contribution in [0.25, 0.3) is 0 Å². The summed E-state index contributed by atoms with van der Waals surface area (Å²) in [6.07, 6.45) is 8.59. The number of likely N-dealkylation sites (tertiary alicyclic amines) is 1. The number of hydrogen-bond donors (Lipinski definition) is 0. The van der Waals surface area contributed by atoms with Gasteiger partial charge in [0.2, 0.25) is 0 Å². The van der Waals surface area contributed by atoms with Gasteiger partial charge < -0.3 is 9.80 Å². The summed E-state index contributed by atoms with van der Waals surface area (Å²) in [4.78, 5) is 4.67. The maximum Gasteiger partial charge on any atom is 0.0198 e. The minimum atomic E-state index is 0.866. The van der Waals surface area contributed by atoms with E-state index >= 15 is 0 Å². The average molecular weight is 194 g/mol. The second-order valence-corrected chi connectivity index (χ2v) is 4.26. The third kappa shape index (κ3) is 3.97. The average Bonchev–Trinajstić information content (AvgIpc) is 2.18. The first-order chi connectivity index (χ1) is 6.72. The largest absolute Gasteiger partial charge is 0.380 e. The molecule has 0 aromatic rings. The van der Waals surface area contributed by atoms with Crippen LogP contribution in [0.1, 0.15) is 12.8 Å². The molecule has 1 aliphatic heterocycles. The second kappa shape index (κ2) is 5.86. The van der Waals surface area contributed by atoms with Crippen LogP contribution in [-0.4, -0.2) is 43.5 Å². The number of piperidine rings is 1. The zero-order valence-corrected chi connectivity index (χ0v) is 9.45. The topological polar surface area (TPSA) is 6.48 Å². The van der Waals surface area contributed by atoms with Gasteiger partial charge in [-0.2, -0.15) is 0 Å². The quantitative estimate of drug-likeness (QED) is 0.631. The zero-order chi connectivity index (χ0) is 10.4. The number of hydrogen-bond acceptors (Lipinski definition) is 2. The van der Waals surface area contributed by atoms with E-state index in [0.717, 1.165) is 5.92 Å². The Morgan fingerprint density at radius 2 is 2.07 bits per heavy atom. The van der Waals surface area contributed by atoms with Crippen LogP contribution < -0.4 is 0 Å². The summed E-state index contributed by atoms with van der Waals surface area (Å²) in [5.41, 5.74) is 0. The Balaban J connectivity index is 2.23. The standard InChI is InChI=1S/C12H22N2/c1-4-5-8-14(3)11-12-6-9-13(2)10-7-12/h4-5,8,12H,1,6-7,9-11H2,2-3H3/b8-5-. The first kappa shape index (κ1) is 11.3. The van der Waals surface area contributed by atoms with E-state index in [4.69, 9.17) is 0 Å². The van der Waals surface area contributed by atoms with Gasteiger partial charge in [-0.25, -0.2) is 0 Å². The molecule has 0 unspecified atom stereocenters. The number of allylic oxidation sites excluding steroid dienone is 2. The molecule has 1 saturated heterocycles. The number of nitrogens with zero attached hydrogens (tertiary/aromatic N) is 2. The highest BCUT2D eigenvalue weighted by Gasteiger charge is 2.16. The van der Waals surface area contributed by atoms with Gasteiger partial charge in [0.15, 0.2) is 0 Å². The van der Waals surface area contributed by atoms with Crippen LogP contribution in [0.15, 0.2) is 24.9 Å². The Morgan fingerprint density at radius 1 is 1.43 bits per heavy atom. The van der Waals surface area contributed by atoms with Crippen molar-refractivity contribution in [2.24, 2.45) is 5.92 Å². The van der Waals surface area contributed by atoms with Crippen LogP contribution in [-0.2, 0) is 0 Å². The van der Waals surface area contributed by atoms with Gasteiger partial charge >= 0.3 is 0 Å². The van der Waals surface area contributed by atoms with Crippen molar-refractivity contribution in [3.63, 3.8) is 0 Å². The molecule has 0 spiro atoms. The third-order valence-corrected chi connectivity index (χ3v) is 2.86. The molecule has 1 heterocycles. The molecule has 1 aliphatic rings. The minimum absolute atomic E-state index is 0.866. The van der Waals surface area contributed by atoms with E-state index in [9.17, 15) is 0 Å². The van der Waals surface area contributed by atoms with Crippen molar-refractivity contribution in [1.29, 1.82) is 0 Å². The summed E-state index contributed by atoms with van der Waals surface area (Å²) in [5, 5.41) is 0. The molecule has 0 amide bonds. The molecule has 0 aliphatic carbocycles. The van der Waals surface area contributed by atoms with Gasteiger partial charge in [0.25, 0.3) is 0 Å². The molecule has 14 heavy (non-hydrogen) atoms. The Labute approximate surface area is 87.9 Å². The predicted molar refractivity (Wildman–Crippen MR) is 62.2 cm³/mol. The fourth-order valence-electron chi connectivity index (χ4n) is 1.92. The first-order valence-electron chi connectivity index (χ1n) is 5.40. The summed E-state index contributed by atoms with van der Waals surface area (Å²) in [6, 6.07) is 0. The van der Waals surface area contributed by atoms with Crippen molar-refractivity contribution < 1.29 is 0 Å². The molecule has 0 bridgehead atoms. The van der Waals surface area contributed by atoms with Crippen LogP contribution in [0.5, 0.6) is 0 Å². The van der Waals surface area contributed by atoms with Gasteiger partial charge in [-0.15, -0.1) is 0 Å². The van der Waals surface area contributed by atoms with E-state index in [2.05, 4.69) is 36.7 Å². The van der Waals surface area contributed by atoms with Crippen LogP contribution in [0.2, 0.25) is 0 Å². The van der Waals surface area contributed by atoms with E-state index in [1.165, 1.54) is 32.5 Å². The lowest BCUT2D eigenvalue weighted by Gasteiger charge is -2.31. The molecule has 80 valence electrons. The monoisotopic (exact) mass is 194 g/mol. The molecule has 0 aromatic heterocycles. The van der Waals surface area contributed by atoms with E-state index in [0.29, 0.717) is 0 Å². The van der Waals surface area contributed by atoms with Gasteiger partial charge in [0.05, 0.1) is 0 Å². The van der Waals surface area contributed by atoms with Crippen molar-refractivity contribution in [2.75, 3.05) is 33.7 Å². The van der Waals surface area contributed by atoms with Crippen LogP contribution in [0, 0.1) is 5.92 Å². The second-order valence-electron chi connectivity index (χ2n) is 4.26. The zero-order valence-electron chi connectivity index (χ0n) is 9.45. The summed E-state index contributed by atoms with van der Waals surface area (Å²) < 4.78 is 0. The molecule has 0 radical (unpaired) electrons. The van der Waals surface area contributed by atoms with Gasteiger partial charge in [0.1, 0.15) is 0 Å². The molecule has 2 nitrogen and oxygen atoms in total. The molecule has 0 atom stereocenters. The lowest BCUT2D eigenvalue weighted by atomic mass is 9.97. The predicted octanol–water partition coefficient (Wildman–Crippen LogP) is 1.96. The van der Waals surface area contributed by atoms with E-state index < -0.39 is 0 Å². The van der Waals surface area contributed by atoms with E-state index in [-0.39, 0.29) is 0 Å². The first-order valence-corrected chi connectivity index (χ1v) is 5.40. The van der Waals surface area contributed by atoms with Gasteiger partial charge in [-0.3, -0.25) is 0 Å². The normalized spacial score (nSPS) is 20.1. The van der Waals surface area contributed by atoms with Crippen molar-refractivity contribution in [1.82, 2.24) is 9.80 Å². The maximum absolute atomic E-state index is 3.67. The van der Waals surface area contributed by atoms with Crippen molar-refractivity contribution in [3.05, 3.63) is 24.9 Å². The van der Waals surface area contributed by atoms with Gasteiger partial charge in [-0.05, 0) is 51.2 Å². The lowest BCUT2D eigenvalue weighted by molar-refractivity contribution is 0.195. The van der Waals surface area contributed by atoms with Crippen molar-refractivity contribution >= 4 is 0 Å².